The predicted octanol–water partition coefficient (Wildman–Crippen LogP) is 4.28. The van der Waals surface area contributed by atoms with Crippen molar-refractivity contribution in [3.05, 3.63) is 68.6 Å². The Kier molecular flexibility index (Phi) is 5.21. The Balaban J connectivity index is 0.00000231. The summed E-state index contributed by atoms with van der Waals surface area (Å²) < 4.78 is 14.6. The van der Waals surface area contributed by atoms with E-state index in [1.807, 2.05) is 22.8 Å². The van der Waals surface area contributed by atoms with E-state index in [9.17, 15) is 4.79 Å². The van der Waals surface area contributed by atoms with Crippen molar-refractivity contribution in [3.63, 3.8) is 0 Å². The molecule has 31 heavy (non-hydrogen) atoms. The number of benzene rings is 2. The van der Waals surface area contributed by atoms with Gasteiger partial charge in [0.1, 0.15) is 5.49 Å². The lowest BCUT2D eigenvalue weighted by molar-refractivity contribution is 0.174. The molecule has 0 aliphatic carbocycles. The van der Waals surface area contributed by atoms with Crippen molar-refractivity contribution in [2.24, 2.45) is 12.0 Å². The van der Waals surface area contributed by atoms with Gasteiger partial charge in [-0.3, -0.25) is 9.13 Å². The third-order valence-electron chi connectivity index (χ3n) is 6.05. The Morgan fingerprint density at radius 3 is 2.32 bits per heavy atom. The summed E-state index contributed by atoms with van der Waals surface area (Å²) in [6, 6.07) is 10.3. The molecule has 1 aromatic heterocycles. The highest BCUT2D eigenvalue weighted by atomic mass is 35.5. The van der Waals surface area contributed by atoms with Gasteiger partial charge in [-0.15, -0.1) is 12.4 Å². The molecule has 7 heteroatoms. The minimum absolute atomic E-state index is 0. The van der Waals surface area contributed by atoms with Crippen LogP contribution >= 0.6 is 12.4 Å². The summed E-state index contributed by atoms with van der Waals surface area (Å²) >= 11 is 0. The molecule has 0 bridgehead atoms. The van der Waals surface area contributed by atoms with E-state index in [-0.39, 0.29) is 30.9 Å². The van der Waals surface area contributed by atoms with Crippen LogP contribution in [0.2, 0.25) is 0 Å². The van der Waals surface area contributed by atoms with Gasteiger partial charge in [0, 0.05) is 24.7 Å². The standard InChI is InChI=1S/C24H25N3O3.ClH/c1-13-6-14(2)23(15(3)7-13)25-22-11-19-18-10-21-20(29-12-30-21)9-17(18)8-16(4)27(19)24(28)26(22)5;/h6-7,9-11,16H,8,12H2,1-5H3;1H. The number of halogens is 1. The zero-order valence-electron chi connectivity index (χ0n) is 18.4. The summed E-state index contributed by atoms with van der Waals surface area (Å²) in [4.78, 5) is 18.2. The molecule has 5 rings (SSSR count). The summed E-state index contributed by atoms with van der Waals surface area (Å²) in [5.41, 5.74) is 7.92. The third kappa shape index (κ3) is 3.35. The van der Waals surface area contributed by atoms with Crippen LogP contribution in [0.3, 0.4) is 0 Å². The summed E-state index contributed by atoms with van der Waals surface area (Å²) in [5.74, 6) is 1.49. The Morgan fingerprint density at radius 1 is 1.00 bits per heavy atom. The molecule has 0 spiro atoms. The molecule has 2 aliphatic rings. The lowest BCUT2D eigenvalue weighted by Crippen LogP contribution is -2.41. The molecule has 3 aromatic rings. The van der Waals surface area contributed by atoms with Crippen LogP contribution in [0.15, 0.2) is 40.1 Å². The van der Waals surface area contributed by atoms with E-state index in [2.05, 4.69) is 39.8 Å². The van der Waals surface area contributed by atoms with Crippen LogP contribution in [0.1, 0.15) is 35.2 Å². The lowest BCUT2D eigenvalue weighted by atomic mass is 9.93. The van der Waals surface area contributed by atoms with Crippen molar-refractivity contribution in [2.45, 2.75) is 40.2 Å². The molecule has 162 valence electrons. The fourth-order valence-corrected chi connectivity index (χ4v) is 4.66. The summed E-state index contributed by atoms with van der Waals surface area (Å²) in [6.45, 7) is 8.50. The van der Waals surface area contributed by atoms with E-state index < -0.39 is 0 Å². The first-order valence-corrected chi connectivity index (χ1v) is 10.2. The second-order valence-electron chi connectivity index (χ2n) is 8.37. The fourth-order valence-electron chi connectivity index (χ4n) is 4.66. The fraction of sp³-hybridized carbons (Fsp3) is 0.333. The van der Waals surface area contributed by atoms with Crippen LogP contribution in [0, 0.1) is 20.8 Å². The molecule has 6 nitrogen and oxygen atoms in total. The predicted molar refractivity (Wildman–Crippen MR) is 123 cm³/mol. The smallest absolute Gasteiger partial charge is 0.330 e. The Morgan fingerprint density at radius 2 is 1.65 bits per heavy atom. The largest absolute Gasteiger partial charge is 0.454 e. The maximum absolute atomic E-state index is 13.3. The van der Waals surface area contributed by atoms with Gasteiger partial charge in [-0.25, -0.2) is 9.79 Å². The summed E-state index contributed by atoms with van der Waals surface area (Å²) in [6.07, 6.45) is 0.769. The Hall–Kier alpha value is -2.99. The average molecular weight is 440 g/mol. The first-order chi connectivity index (χ1) is 14.3. The Bertz CT molecular complexity index is 1310. The van der Waals surface area contributed by atoms with Crippen LogP contribution in [-0.4, -0.2) is 15.9 Å². The number of fused-ring (bicyclic) bond motifs is 4. The Labute approximate surface area is 187 Å². The normalized spacial score (nSPS) is 16.5. The van der Waals surface area contributed by atoms with Crippen LogP contribution < -0.4 is 20.7 Å². The van der Waals surface area contributed by atoms with Crippen LogP contribution in [0.4, 0.5) is 5.69 Å². The lowest BCUT2D eigenvalue weighted by Gasteiger charge is -2.28. The van der Waals surface area contributed by atoms with Gasteiger partial charge >= 0.3 is 5.69 Å². The maximum atomic E-state index is 13.3. The van der Waals surface area contributed by atoms with Gasteiger partial charge in [-0.1, -0.05) is 17.7 Å². The average Bonchev–Trinajstić information content (AvgIpc) is 3.13. The molecule has 2 aliphatic heterocycles. The number of ether oxygens (including phenoxy) is 2. The van der Waals surface area contributed by atoms with Gasteiger partial charge in [-0.2, -0.15) is 0 Å². The SMILES string of the molecule is Cc1cc(C)c(N=c2cc3n(c(=O)n2C)C(C)Cc2cc4c(cc2-3)OCO4)c(C)c1.Cl. The topological polar surface area (TPSA) is 57.8 Å². The number of rotatable bonds is 1. The van der Waals surface area contributed by atoms with Crippen LogP contribution in [0.25, 0.3) is 11.3 Å². The van der Waals surface area contributed by atoms with Crippen molar-refractivity contribution >= 4 is 18.1 Å². The number of aromatic nitrogens is 2. The van der Waals surface area contributed by atoms with E-state index in [1.165, 1.54) is 5.56 Å². The maximum Gasteiger partial charge on any atom is 0.330 e. The number of aryl methyl sites for hydroxylation is 3. The molecule has 1 atom stereocenters. The summed E-state index contributed by atoms with van der Waals surface area (Å²) in [7, 11) is 1.79. The molecule has 0 fully saturated rings. The first-order valence-electron chi connectivity index (χ1n) is 10.2. The molecule has 0 saturated heterocycles. The second-order valence-corrected chi connectivity index (χ2v) is 8.37. The van der Waals surface area contributed by atoms with Gasteiger partial charge in [0.15, 0.2) is 11.5 Å². The van der Waals surface area contributed by atoms with E-state index in [0.717, 1.165) is 51.6 Å². The van der Waals surface area contributed by atoms with Gasteiger partial charge < -0.3 is 9.47 Å². The van der Waals surface area contributed by atoms with Gasteiger partial charge in [0.25, 0.3) is 0 Å². The highest BCUT2D eigenvalue weighted by Gasteiger charge is 2.27. The van der Waals surface area contributed by atoms with E-state index in [4.69, 9.17) is 14.5 Å². The van der Waals surface area contributed by atoms with Gasteiger partial charge in [-0.05, 0) is 62.9 Å². The van der Waals surface area contributed by atoms with Crippen molar-refractivity contribution in [2.75, 3.05) is 6.79 Å². The molecular weight excluding hydrogens is 414 g/mol. The summed E-state index contributed by atoms with van der Waals surface area (Å²) in [5, 5.41) is 0. The number of hydrogen-bond donors (Lipinski definition) is 0. The number of nitrogens with zero attached hydrogens (tertiary/aromatic N) is 3. The molecule has 2 aromatic carbocycles. The molecular formula is C24H26ClN3O3. The highest BCUT2D eigenvalue weighted by Crippen LogP contribution is 2.42. The van der Waals surface area contributed by atoms with Crippen molar-refractivity contribution < 1.29 is 9.47 Å². The quantitative estimate of drug-likeness (QED) is 0.568. The van der Waals surface area contributed by atoms with Crippen LogP contribution in [-0.2, 0) is 13.5 Å². The van der Waals surface area contributed by atoms with Crippen LogP contribution in [0.5, 0.6) is 11.5 Å². The van der Waals surface area contributed by atoms with E-state index in [0.29, 0.717) is 5.49 Å². The minimum Gasteiger partial charge on any atom is -0.454 e. The zero-order chi connectivity index (χ0) is 21.2. The third-order valence-corrected chi connectivity index (χ3v) is 6.05. The van der Waals surface area contributed by atoms with Gasteiger partial charge in [0.2, 0.25) is 6.79 Å². The zero-order valence-corrected chi connectivity index (χ0v) is 19.2. The van der Waals surface area contributed by atoms with Crippen molar-refractivity contribution in [1.29, 1.82) is 0 Å². The van der Waals surface area contributed by atoms with Crippen molar-refractivity contribution in [1.82, 2.24) is 9.13 Å². The number of hydrogen-bond acceptors (Lipinski definition) is 4. The molecule has 1 unspecified atom stereocenters. The molecule has 0 saturated carbocycles. The van der Waals surface area contributed by atoms with Gasteiger partial charge in [0.05, 0.1) is 11.4 Å². The first kappa shape index (κ1) is 21.2. The highest BCUT2D eigenvalue weighted by molar-refractivity contribution is 5.85. The van der Waals surface area contributed by atoms with Crippen molar-refractivity contribution in [3.8, 4) is 22.8 Å². The van der Waals surface area contributed by atoms with E-state index in [1.54, 1.807) is 11.6 Å². The second kappa shape index (κ2) is 7.61. The molecule has 0 amide bonds. The monoisotopic (exact) mass is 439 g/mol. The van der Waals surface area contributed by atoms with E-state index >= 15 is 0 Å². The molecule has 0 radical (unpaired) electrons. The minimum atomic E-state index is -0.0653. The molecule has 0 N–H and O–H groups in total. The molecule has 3 heterocycles.